The lowest BCUT2D eigenvalue weighted by molar-refractivity contribution is -0.115. The maximum Gasteiger partial charge on any atom is 0.338 e. The standard InChI is InChI=1S/C12H13Br2NO3/c1-3-18-12(17)8-4-5-10(9(14)6-8)15-11(16)7(2)13/h4-7H,3H2,1-2H3,(H,15,16). The molecular weight excluding hydrogens is 366 g/mol. The van der Waals surface area contributed by atoms with Gasteiger partial charge in [0, 0.05) is 4.47 Å². The van der Waals surface area contributed by atoms with E-state index in [4.69, 9.17) is 4.74 Å². The van der Waals surface area contributed by atoms with Crippen molar-refractivity contribution >= 4 is 49.4 Å². The summed E-state index contributed by atoms with van der Waals surface area (Å²) in [4.78, 5) is 22.7. The van der Waals surface area contributed by atoms with E-state index in [0.29, 0.717) is 22.3 Å². The van der Waals surface area contributed by atoms with Gasteiger partial charge >= 0.3 is 5.97 Å². The highest BCUT2D eigenvalue weighted by Gasteiger charge is 2.13. The molecule has 0 spiro atoms. The SMILES string of the molecule is CCOC(=O)c1ccc(NC(=O)C(C)Br)c(Br)c1. The monoisotopic (exact) mass is 377 g/mol. The highest BCUT2D eigenvalue weighted by Crippen LogP contribution is 2.24. The Balaban J connectivity index is 2.86. The average Bonchev–Trinajstić information content (AvgIpc) is 2.31. The zero-order valence-electron chi connectivity index (χ0n) is 10.00. The molecular formula is C12H13Br2NO3. The largest absolute Gasteiger partial charge is 0.462 e. The Kier molecular flexibility index (Phi) is 5.81. The Hall–Kier alpha value is -0.880. The highest BCUT2D eigenvalue weighted by molar-refractivity contribution is 9.10. The number of halogens is 2. The molecule has 0 fully saturated rings. The van der Waals surface area contributed by atoms with Crippen molar-refractivity contribution in [2.75, 3.05) is 11.9 Å². The molecule has 0 heterocycles. The maximum absolute atomic E-state index is 11.5. The molecule has 1 rings (SSSR count). The van der Waals surface area contributed by atoms with Gasteiger partial charge in [-0.15, -0.1) is 0 Å². The van der Waals surface area contributed by atoms with E-state index < -0.39 is 0 Å². The van der Waals surface area contributed by atoms with E-state index in [-0.39, 0.29) is 16.7 Å². The summed E-state index contributed by atoms with van der Waals surface area (Å²) in [5.41, 5.74) is 1.05. The molecule has 0 bridgehead atoms. The molecule has 0 aliphatic heterocycles. The van der Waals surface area contributed by atoms with Crippen LogP contribution in [0.1, 0.15) is 24.2 Å². The fraction of sp³-hybridized carbons (Fsp3) is 0.333. The number of carbonyl (C=O) groups excluding carboxylic acids is 2. The van der Waals surface area contributed by atoms with Crippen molar-refractivity contribution in [1.82, 2.24) is 0 Å². The van der Waals surface area contributed by atoms with Crippen molar-refractivity contribution in [2.24, 2.45) is 0 Å². The predicted molar refractivity (Wildman–Crippen MR) is 77.1 cm³/mol. The molecule has 0 aliphatic rings. The molecule has 4 nitrogen and oxygen atoms in total. The number of hydrogen-bond acceptors (Lipinski definition) is 3. The van der Waals surface area contributed by atoms with E-state index in [0.717, 1.165) is 0 Å². The number of alkyl halides is 1. The Bertz CT molecular complexity index is 461. The topological polar surface area (TPSA) is 55.4 Å². The van der Waals surface area contributed by atoms with E-state index in [9.17, 15) is 9.59 Å². The second-order valence-corrected chi connectivity index (χ2v) is 5.75. The summed E-state index contributed by atoms with van der Waals surface area (Å²) < 4.78 is 5.52. The van der Waals surface area contributed by atoms with Crippen LogP contribution in [0.15, 0.2) is 22.7 Å². The summed E-state index contributed by atoms with van der Waals surface area (Å²) in [6.07, 6.45) is 0. The van der Waals surface area contributed by atoms with Crippen LogP contribution in [0.4, 0.5) is 5.69 Å². The van der Waals surface area contributed by atoms with Gasteiger partial charge in [-0.2, -0.15) is 0 Å². The first-order valence-electron chi connectivity index (χ1n) is 5.37. The molecule has 0 aliphatic carbocycles. The van der Waals surface area contributed by atoms with Gasteiger partial charge in [0.2, 0.25) is 5.91 Å². The van der Waals surface area contributed by atoms with Crippen LogP contribution >= 0.6 is 31.9 Å². The van der Waals surface area contributed by atoms with Gasteiger partial charge in [-0.1, -0.05) is 15.9 Å². The first kappa shape index (κ1) is 15.2. The summed E-state index contributed by atoms with van der Waals surface area (Å²) >= 11 is 6.48. The van der Waals surface area contributed by atoms with Crippen molar-refractivity contribution < 1.29 is 14.3 Å². The number of ether oxygens (including phenoxy) is 1. The third-order valence-corrected chi connectivity index (χ3v) is 3.17. The Morgan fingerprint density at radius 1 is 1.44 bits per heavy atom. The van der Waals surface area contributed by atoms with Crippen molar-refractivity contribution in [3.05, 3.63) is 28.2 Å². The second kappa shape index (κ2) is 6.89. The summed E-state index contributed by atoms with van der Waals surface area (Å²) in [5, 5.41) is 2.72. The number of rotatable bonds is 4. The molecule has 0 radical (unpaired) electrons. The lowest BCUT2D eigenvalue weighted by Crippen LogP contribution is -2.20. The third kappa shape index (κ3) is 4.10. The molecule has 1 aromatic carbocycles. The molecule has 0 aromatic heterocycles. The number of amides is 1. The maximum atomic E-state index is 11.5. The third-order valence-electron chi connectivity index (χ3n) is 2.10. The minimum absolute atomic E-state index is 0.153. The van der Waals surface area contributed by atoms with Gasteiger partial charge in [0.1, 0.15) is 0 Å². The number of benzene rings is 1. The zero-order valence-corrected chi connectivity index (χ0v) is 13.2. The van der Waals surface area contributed by atoms with E-state index in [1.807, 2.05) is 0 Å². The molecule has 18 heavy (non-hydrogen) atoms. The van der Waals surface area contributed by atoms with Gasteiger partial charge in [-0.25, -0.2) is 4.79 Å². The van der Waals surface area contributed by atoms with Crippen LogP contribution in [-0.2, 0) is 9.53 Å². The Labute approximate surface area is 122 Å². The minimum Gasteiger partial charge on any atom is -0.462 e. The number of esters is 1. The molecule has 98 valence electrons. The van der Waals surface area contributed by atoms with Gasteiger partial charge in [-0.05, 0) is 48.0 Å². The Morgan fingerprint density at radius 3 is 2.61 bits per heavy atom. The van der Waals surface area contributed by atoms with Gasteiger partial charge in [0.05, 0.1) is 22.7 Å². The summed E-state index contributed by atoms with van der Waals surface area (Å²) in [6, 6.07) is 4.88. The molecule has 1 unspecified atom stereocenters. The van der Waals surface area contributed by atoms with Crippen LogP contribution in [0.3, 0.4) is 0 Å². The molecule has 1 atom stereocenters. The van der Waals surface area contributed by atoms with Crippen molar-refractivity contribution in [3.63, 3.8) is 0 Å². The van der Waals surface area contributed by atoms with Crippen molar-refractivity contribution in [2.45, 2.75) is 18.7 Å². The number of hydrogen-bond donors (Lipinski definition) is 1. The highest BCUT2D eigenvalue weighted by atomic mass is 79.9. The fourth-order valence-corrected chi connectivity index (χ4v) is 1.78. The second-order valence-electron chi connectivity index (χ2n) is 3.52. The molecule has 1 aromatic rings. The summed E-state index contributed by atoms with van der Waals surface area (Å²) in [6.45, 7) is 3.81. The van der Waals surface area contributed by atoms with Gasteiger partial charge in [0.15, 0.2) is 0 Å². The fourth-order valence-electron chi connectivity index (χ4n) is 1.19. The lowest BCUT2D eigenvalue weighted by Gasteiger charge is -2.10. The first-order chi connectivity index (χ1) is 8.45. The van der Waals surface area contributed by atoms with E-state index in [1.165, 1.54) is 0 Å². The van der Waals surface area contributed by atoms with Gasteiger partial charge < -0.3 is 10.1 Å². The van der Waals surface area contributed by atoms with Gasteiger partial charge in [-0.3, -0.25) is 4.79 Å². The zero-order chi connectivity index (χ0) is 13.7. The quantitative estimate of drug-likeness (QED) is 0.645. The summed E-state index contributed by atoms with van der Waals surface area (Å²) in [5.74, 6) is -0.537. The van der Waals surface area contributed by atoms with Gasteiger partial charge in [0.25, 0.3) is 0 Å². The predicted octanol–water partition coefficient (Wildman–Crippen LogP) is 3.35. The molecule has 1 N–H and O–H groups in total. The Morgan fingerprint density at radius 2 is 2.11 bits per heavy atom. The van der Waals surface area contributed by atoms with Crippen LogP contribution in [-0.4, -0.2) is 23.3 Å². The molecule has 1 amide bonds. The van der Waals surface area contributed by atoms with Crippen LogP contribution < -0.4 is 5.32 Å². The number of nitrogens with one attached hydrogen (secondary N) is 1. The molecule has 0 saturated heterocycles. The minimum atomic E-state index is -0.384. The number of carbonyl (C=O) groups is 2. The summed E-state index contributed by atoms with van der Waals surface area (Å²) in [7, 11) is 0. The van der Waals surface area contributed by atoms with Crippen LogP contribution in [0.2, 0.25) is 0 Å². The average molecular weight is 379 g/mol. The first-order valence-corrected chi connectivity index (χ1v) is 7.08. The normalized spacial score (nSPS) is 11.8. The van der Waals surface area contributed by atoms with E-state index >= 15 is 0 Å². The van der Waals surface area contributed by atoms with E-state index in [1.54, 1.807) is 32.0 Å². The van der Waals surface area contributed by atoms with Crippen LogP contribution in [0.25, 0.3) is 0 Å². The van der Waals surface area contributed by atoms with Crippen molar-refractivity contribution in [3.8, 4) is 0 Å². The number of anilines is 1. The van der Waals surface area contributed by atoms with Crippen molar-refractivity contribution in [1.29, 1.82) is 0 Å². The molecule has 6 heteroatoms. The smallest absolute Gasteiger partial charge is 0.338 e. The van der Waals surface area contributed by atoms with E-state index in [2.05, 4.69) is 37.2 Å². The lowest BCUT2D eigenvalue weighted by atomic mass is 10.2. The van der Waals surface area contributed by atoms with Crippen LogP contribution in [0.5, 0.6) is 0 Å². The van der Waals surface area contributed by atoms with Crippen LogP contribution in [0, 0.1) is 0 Å². The molecule has 0 saturated carbocycles.